The monoisotopic (exact) mass is 324 g/mol. The highest BCUT2D eigenvalue weighted by atomic mass is 32.2. The predicted octanol–water partition coefficient (Wildman–Crippen LogP) is 1.23. The molecule has 1 aromatic carbocycles. The number of aryl methyl sites for hydroxylation is 1. The first-order valence-electron chi connectivity index (χ1n) is 7.83. The van der Waals surface area contributed by atoms with E-state index in [1.807, 2.05) is 17.9 Å². The fourth-order valence-electron chi connectivity index (χ4n) is 2.60. The molecule has 1 aliphatic heterocycles. The van der Waals surface area contributed by atoms with E-state index < -0.39 is 9.84 Å². The van der Waals surface area contributed by atoms with Gasteiger partial charge >= 0.3 is 0 Å². The van der Waals surface area contributed by atoms with Crippen molar-refractivity contribution in [3.8, 4) is 0 Å². The highest BCUT2D eigenvalue weighted by Crippen LogP contribution is 2.15. The van der Waals surface area contributed by atoms with Crippen molar-refractivity contribution in [2.24, 2.45) is 0 Å². The Morgan fingerprint density at radius 3 is 2.68 bits per heavy atom. The SMILES string of the molecule is CCCS(=O)(=O)c1cccc(CCC(=O)N2CCNCC2)c1. The van der Waals surface area contributed by atoms with Crippen LogP contribution in [0.1, 0.15) is 25.3 Å². The molecule has 122 valence electrons. The van der Waals surface area contributed by atoms with Crippen molar-refractivity contribution in [1.82, 2.24) is 10.2 Å². The molecule has 5 nitrogen and oxygen atoms in total. The first kappa shape index (κ1) is 17.0. The van der Waals surface area contributed by atoms with Crippen LogP contribution in [0.4, 0.5) is 0 Å². The number of rotatable bonds is 6. The molecule has 0 saturated carbocycles. The third kappa shape index (κ3) is 4.55. The third-order valence-electron chi connectivity index (χ3n) is 3.83. The van der Waals surface area contributed by atoms with Gasteiger partial charge in [0.1, 0.15) is 0 Å². The summed E-state index contributed by atoms with van der Waals surface area (Å²) in [5, 5.41) is 3.22. The van der Waals surface area contributed by atoms with Gasteiger partial charge in [-0.15, -0.1) is 0 Å². The van der Waals surface area contributed by atoms with E-state index in [0.29, 0.717) is 24.2 Å². The van der Waals surface area contributed by atoms with Crippen LogP contribution in [0.2, 0.25) is 0 Å². The minimum Gasteiger partial charge on any atom is -0.340 e. The Hall–Kier alpha value is -1.40. The van der Waals surface area contributed by atoms with Gasteiger partial charge in [0.25, 0.3) is 0 Å². The van der Waals surface area contributed by atoms with Crippen molar-refractivity contribution in [2.45, 2.75) is 31.1 Å². The van der Waals surface area contributed by atoms with E-state index in [0.717, 1.165) is 31.7 Å². The van der Waals surface area contributed by atoms with Crippen molar-refractivity contribution in [1.29, 1.82) is 0 Å². The number of benzene rings is 1. The second-order valence-electron chi connectivity index (χ2n) is 5.60. The summed E-state index contributed by atoms with van der Waals surface area (Å²) < 4.78 is 24.2. The lowest BCUT2D eigenvalue weighted by Gasteiger charge is -2.27. The molecular formula is C16H24N2O3S. The van der Waals surface area contributed by atoms with E-state index in [4.69, 9.17) is 0 Å². The fraction of sp³-hybridized carbons (Fsp3) is 0.562. The molecule has 1 aliphatic rings. The Morgan fingerprint density at radius 1 is 1.27 bits per heavy atom. The van der Waals surface area contributed by atoms with Gasteiger partial charge in [0.15, 0.2) is 9.84 Å². The van der Waals surface area contributed by atoms with Gasteiger partial charge in [-0.25, -0.2) is 8.42 Å². The summed E-state index contributed by atoms with van der Waals surface area (Å²) in [6.07, 6.45) is 1.61. The summed E-state index contributed by atoms with van der Waals surface area (Å²) in [5.74, 6) is 0.305. The minimum absolute atomic E-state index is 0.142. The van der Waals surface area contributed by atoms with E-state index in [2.05, 4.69) is 5.32 Å². The fourth-order valence-corrected chi connectivity index (χ4v) is 3.99. The number of piperazine rings is 1. The third-order valence-corrected chi connectivity index (χ3v) is 5.75. The van der Waals surface area contributed by atoms with Gasteiger partial charge in [-0.05, 0) is 30.5 Å². The van der Waals surface area contributed by atoms with Crippen LogP contribution in [0, 0.1) is 0 Å². The molecule has 1 aromatic rings. The molecular weight excluding hydrogens is 300 g/mol. The van der Waals surface area contributed by atoms with Crippen molar-refractivity contribution in [2.75, 3.05) is 31.9 Å². The largest absolute Gasteiger partial charge is 0.340 e. The zero-order valence-corrected chi connectivity index (χ0v) is 13.9. The maximum Gasteiger partial charge on any atom is 0.222 e. The van der Waals surface area contributed by atoms with Gasteiger partial charge in [0.2, 0.25) is 5.91 Å². The van der Waals surface area contributed by atoms with Crippen LogP contribution < -0.4 is 5.32 Å². The zero-order chi connectivity index (χ0) is 16.0. The molecule has 0 aliphatic carbocycles. The number of nitrogens with one attached hydrogen (secondary N) is 1. The number of amides is 1. The van der Waals surface area contributed by atoms with Crippen molar-refractivity contribution in [3.63, 3.8) is 0 Å². The highest BCUT2D eigenvalue weighted by molar-refractivity contribution is 7.91. The average molecular weight is 324 g/mol. The quantitative estimate of drug-likeness (QED) is 0.855. The maximum atomic E-state index is 12.1. The summed E-state index contributed by atoms with van der Waals surface area (Å²) in [6.45, 7) is 5.05. The molecule has 0 radical (unpaired) electrons. The normalized spacial score (nSPS) is 15.8. The molecule has 0 bridgehead atoms. The van der Waals surface area contributed by atoms with Gasteiger partial charge in [-0.2, -0.15) is 0 Å². The summed E-state index contributed by atoms with van der Waals surface area (Å²) >= 11 is 0. The van der Waals surface area contributed by atoms with E-state index in [1.165, 1.54) is 0 Å². The van der Waals surface area contributed by atoms with Gasteiger partial charge in [-0.1, -0.05) is 19.1 Å². The summed E-state index contributed by atoms with van der Waals surface area (Å²) in [6, 6.07) is 6.98. The number of carbonyl (C=O) groups is 1. The Bertz CT molecular complexity index is 608. The lowest BCUT2D eigenvalue weighted by molar-refractivity contribution is -0.131. The molecule has 1 saturated heterocycles. The molecule has 1 amide bonds. The Kier molecular flexibility index (Phi) is 5.97. The number of carbonyl (C=O) groups excluding carboxylic acids is 1. The second-order valence-corrected chi connectivity index (χ2v) is 7.71. The lowest BCUT2D eigenvalue weighted by atomic mass is 10.1. The Labute approximate surface area is 132 Å². The van der Waals surface area contributed by atoms with Crippen LogP contribution in [0.3, 0.4) is 0 Å². The first-order chi connectivity index (χ1) is 10.5. The van der Waals surface area contributed by atoms with Crippen LogP contribution in [-0.2, 0) is 21.1 Å². The van der Waals surface area contributed by atoms with E-state index in [1.54, 1.807) is 18.2 Å². The van der Waals surface area contributed by atoms with Crippen molar-refractivity contribution >= 4 is 15.7 Å². The molecule has 22 heavy (non-hydrogen) atoms. The topological polar surface area (TPSA) is 66.5 Å². The highest BCUT2D eigenvalue weighted by Gasteiger charge is 2.17. The van der Waals surface area contributed by atoms with E-state index >= 15 is 0 Å². The Morgan fingerprint density at radius 2 is 2.00 bits per heavy atom. The number of hydrogen-bond acceptors (Lipinski definition) is 4. The second kappa shape index (κ2) is 7.74. The lowest BCUT2D eigenvalue weighted by Crippen LogP contribution is -2.46. The molecule has 0 unspecified atom stereocenters. The number of nitrogens with zero attached hydrogens (tertiary/aromatic N) is 1. The smallest absolute Gasteiger partial charge is 0.222 e. The van der Waals surface area contributed by atoms with Gasteiger partial charge in [0.05, 0.1) is 10.6 Å². The molecule has 1 N–H and O–H groups in total. The van der Waals surface area contributed by atoms with Crippen LogP contribution in [0.5, 0.6) is 0 Å². The van der Waals surface area contributed by atoms with E-state index in [9.17, 15) is 13.2 Å². The summed E-state index contributed by atoms with van der Waals surface area (Å²) in [5.41, 5.74) is 0.903. The average Bonchev–Trinajstić information content (AvgIpc) is 2.54. The Balaban J connectivity index is 1.97. The van der Waals surface area contributed by atoms with Gasteiger partial charge in [-0.3, -0.25) is 4.79 Å². The molecule has 6 heteroatoms. The van der Waals surface area contributed by atoms with Crippen LogP contribution >= 0.6 is 0 Å². The van der Waals surface area contributed by atoms with Crippen molar-refractivity contribution < 1.29 is 13.2 Å². The first-order valence-corrected chi connectivity index (χ1v) is 9.48. The van der Waals surface area contributed by atoms with Crippen LogP contribution in [-0.4, -0.2) is 51.2 Å². The molecule has 1 fully saturated rings. The number of hydrogen-bond donors (Lipinski definition) is 1. The van der Waals surface area contributed by atoms with Crippen molar-refractivity contribution in [3.05, 3.63) is 29.8 Å². The van der Waals surface area contributed by atoms with Gasteiger partial charge < -0.3 is 10.2 Å². The molecule has 0 aromatic heterocycles. The maximum absolute atomic E-state index is 12.1. The number of sulfone groups is 1. The molecule has 2 rings (SSSR count). The molecule has 1 heterocycles. The molecule has 0 atom stereocenters. The van der Waals surface area contributed by atoms with Crippen LogP contribution in [0.15, 0.2) is 29.2 Å². The predicted molar refractivity (Wildman–Crippen MR) is 86.6 cm³/mol. The summed E-state index contributed by atoms with van der Waals surface area (Å²) in [7, 11) is -3.20. The molecule has 0 spiro atoms. The van der Waals surface area contributed by atoms with E-state index in [-0.39, 0.29) is 11.7 Å². The van der Waals surface area contributed by atoms with Crippen LogP contribution in [0.25, 0.3) is 0 Å². The standard InChI is InChI=1S/C16H24N2O3S/c1-2-12-22(20,21)15-5-3-4-14(13-15)6-7-16(19)18-10-8-17-9-11-18/h3-5,13,17H,2,6-12H2,1H3. The summed E-state index contributed by atoms with van der Waals surface area (Å²) in [4.78, 5) is 14.4. The minimum atomic E-state index is -3.20. The zero-order valence-electron chi connectivity index (χ0n) is 13.0. The van der Waals surface area contributed by atoms with Gasteiger partial charge in [0, 0.05) is 32.6 Å².